The van der Waals surface area contributed by atoms with E-state index < -0.39 is 23.5 Å². The van der Waals surface area contributed by atoms with Crippen molar-refractivity contribution in [1.29, 1.82) is 0 Å². The molecule has 0 aromatic heterocycles. The fourth-order valence-electron chi connectivity index (χ4n) is 3.59. The Bertz CT molecular complexity index is 1190. The summed E-state index contributed by atoms with van der Waals surface area (Å²) < 4.78 is 19.6. The largest absolute Gasteiger partial charge is 0.507 e. The van der Waals surface area contributed by atoms with Crippen molar-refractivity contribution in [3.63, 3.8) is 0 Å². The standard InChI is InChI=1S/C24H17BrFNO4/c1-31-19-4-2-3-15(13-19)21-20(22(28)14-5-7-16(25)8-6-14)23(29)24(30)27(21)18-11-9-17(26)10-12-18/h2-13,21,28H,1H3/b22-20-. The number of methoxy groups -OCH3 is 1. The van der Waals surface area contributed by atoms with Crippen LogP contribution in [0.15, 0.2) is 82.8 Å². The van der Waals surface area contributed by atoms with Crippen molar-refractivity contribution < 1.29 is 23.8 Å². The zero-order valence-electron chi connectivity index (χ0n) is 16.4. The van der Waals surface area contributed by atoms with E-state index in [1.165, 1.54) is 36.3 Å². The molecule has 1 aliphatic rings. The maximum absolute atomic E-state index is 13.5. The molecule has 156 valence electrons. The molecule has 0 saturated carbocycles. The first kappa shape index (κ1) is 20.8. The van der Waals surface area contributed by atoms with E-state index in [1.807, 2.05) is 0 Å². The fourth-order valence-corrected chi connectivity index (χ4v) is 3.86. The molecule has 1 amide bonds. The van der Waals surface area contributed by atoms with Crippen molar-refractivity contribution in [3.8, 4) is 5.75 Å². The Morgan fingerprint density at radius 2 is 1.71 bits per heavy atom. The Hall–Kier alpha value is -3.45. The van der Waals surface area contributed by atoms with E-state index in [4.69, 9.17) is 4.74 Å². The van der Waals surface area contributed by atoms with Crippen LogP contribution >= 0.6 is 15.9 Å². The average molecular weight is 482 g/mol. The zero-order chi connectivity index (χ0) is 22.1. The lowest BCUT2D eigenvalue weighted by molar-refractivity contribution is -0.132. The molecule has 0 aliphatic carbocycles. The predicted octanol–water partition coefficient (Wildman–Crippen LogP) is 5.22. The van der Waals surface area contributed by atoms with Crippen molar-refractivity contribution in [2.75, 3.05) is 12.0 Å². The van der Waals surface area contributed by atoms with Gasteiger partial charge in [0.2, 0.25) is 0 Å². The Labute approximate surface area is 186 Å². The van der Waals surface area contributed by atoms with Crippen LogP contribution < -0.4 is 9.64 Å². The van der Waals surface area contributed by atoms with Gasteiger partial charge in [-0.05, 0) is 54.1 Å². The number of ketones is 1. The molecule has 0 spiro atoms. The van der Waals surface area contributed by atoms with Crippen LogP contribution in [0.1, 0.15) is 17.2 Å². The molecule has 1 saturated heterocycles. The molecule has 31 heavy (non-hydrogen) atoms. The third-order valence-electron chi connectivity index (χ3n) is 5.08. The fraction of sp³-hybridized carbons (Fsp3) is 0.0833. The van der Waals surface area contributed by atoms with E-state index in [0.717, 1.165) is 4.47 Å². The quantitative estimate of drug-likeness (QED) is 0.315. The summed E-state index contributed by atoms with van der Waals surface area (Å²) in [5, 5.41) is 11.0. The maximum atomic E-state index is 13.5. The van der Waals surface area contributed by atoms with E-state index >= 15 is 0 Å². The molecule has 1 heterocycles. The normalized spacial score (nSPS) is 17.8. The lowest BCUT2D eigenvalue weighted by Crippen LogP contribution is -2.29. The molecule has 1 aliphatic heterocycles. The lowest BCUT2D eigenvalue weighted by atomic mass is 9.95. The van der Waals surface area contributed by atoms with Crippen molar-refractivity contribution in [2.45, 2.75) is 6.04 Å². The molecule has 5 nitrogen and oxygen atoms in total. The number of aliphatic hydroxyl groups is 1. The van der Waals surface area contributed by atoms with Gasteiger partial charge in [-0.1, -0.05) is 40.2 Å². The Morgan fingerprint density at radius 3 is 2.35 bits per heavy atom. The molecule has 1 fully saturated rings. The molecule has 1 unspecified atom stereocenters. The van der Waals surface area contributed by atoms with Gasteiger partial charge in [-0.2, -0.15) is 0 Å². The number of anilines is 1. The monoisotopic (exact) mass is 481 g/mol. The molecule has 0 radical (unpaired) electrons. The van der Waals surface area contributed by atoms with Gasteiger partial charge >= 0.3 is 0 Å². The highest BCUT2D eigenvalue weighted by Crippen LogP contribution is 2.42. The number of benzene rings is 3. The summed E-state index contributed by atoms with van der Waals surface area (Å²) in [5.41, 5.74) is 1.26. The van der Waals surface area contributed by atoms with E-state index in [2.05, 4.69) is 15.9 Å². The molecular weight excluding hydrogens is 465 g/mol. The summed E-state index contributed by atoms with van der Waals surface area (Å²) in [6.07, 6.45) is 0. The van der Waals surface area contributed by atoms with Gasteiger partial charge in [-0.25, -0.2) is 4.39 Å². The second kappa shape index (κ2) is 8.35. The number of Topliss-reactive ketones (excluding diaryl/α,β-unsaturated/α-hetero) is 1. The number of nitrogens with zero attached hydrogens (tertiary/aromatic N) is 1. The second-order valence-electron chi connectivity index (χ2n) is 6.93. The second-order valence-corrected chi connectivity index (χ2v) is 7.84. The van der Waals surface area contributed by atoms with Crippen LogP contribution in [0.4, 0.5) is 10.1 Å². The highest BCUT2D eigenvalue weighted by atomic mass is 79.9. The summed E-state index contributed by atoms with van der Waals surface area (Å²) in [6.45, 7) is 0. The molecular formula is C24H17BrFNO4. The van der Waals surface area contributed by atoms with E-state index in [9.17, 15) is 19.1 Å². The summed E-state index contributed by atoms with van der Waals surface area (Å²) in [4.78, 5) is 27.3. The number of carbonyl (C=O) groups excluding carboxylic acids is 2. The molecule has 0 bridgehead atoms. The number of hydrogen-bond donors (Lipinski definition) is 1. The summed E-state index contributed by atoms with van der Waals surface area (Å²) in [5.74, 6) is -1.85. The van der Waals surface area contributed by atoms with Crippen LogP contribution in [0.3, 0.4) is 0 Å². The highest BCUT2D eigenvalue weighted by Gasteiger charge is 2.47. The van der Waals surface area contributed by atoms with Gasteiger partial charge in [0.1, 0.15) is 17.3 Å². The van der Waals surface area contributed by atoms with E-state index in [-0.39, 0.29) is 11.3 Å². The number of hydrogen-bond acceptors (Lipinski definition) is 4. The molecule has 3 aromatic rings. The van der Waals surface area contributed by atoms with Gasteiger partial charge in [0.25, 0.3) is 11.7 Å². The minimum absolute atomic E-state index is 0.0510. The van der Waals surface area contributed by atoms with E-state index in [1.54, 1.807) is 48.5 Å². The first-order valence-electron chi connectivity index (χ1n) is 9.37. The minimum Gasteiger partial charge on any atom is -0.507 e. The minimum atomic E-state index is -0.913. The number of amides is 1. The molecule has 3 aromatic carbocycles. The first-order valence-corrected chi connectivity index (χ1v) is 10.2. The third kappa shape index (κ3) is 3.84. The van der Waals surface area contributed by atoms with Crippen molar-refractivity contribution in [1.82, 2.24) is 0 Å². The van der Waals surface area contributed by atoms with Gasteiger partial charge in [0.05, 0.1) is 18.7 Å². The number of halogens is 2. The Morgan fingerprint density at radius 1 is 1.03 bits per heavy atom. The predicted molar refractivity (Wildman–Crippen MR) is 118 cm³/mol. The van der Waals surface area contributed by atoms with Gasteiger partial charge in [-0.15, -0.1) is 0 Å². The lowest BCUT2D eigenvalue weighted by Gasteiger charge is -2.25. The van der Waals surface area contributed by atoms with Crippen molar-refractivity contribution in [3.05, 3.63) is 99.8 Å². The Balaban J connectivity index is 1.94. The van der Waals surface area contributed by atoms with Crippen molar-refractivity contribution in [2.24, 2.45) is 0 Å². The summed E-state index contributed by atoms with van der Waals surface area (Å²) >= 11 is 3.34. The summed E-state index contributed by atoms with van der Waals surface area (Å²) in [6, 6.07) is 18.0. The number of rotatable bonds is 4. The van der Waals surface area contributed by atoms with Crippen LogP contribution in [-0.4, -0.2) is 23.9 Å². The van der Waals surface area contributed by atoms with Crippen LogP contribution in [0.25, 0.3) is 5.76 Å². The number of ether oxygens (including phenoxy) is 1. The Kier molecular flexibility index (Phi) is 5.61. The van der Waals surface area contributed by atoms with Crippen LogP contribution in [0.5, 0.6) is 5.75 Å². The molecule has 4 rings (SSSR count). The molecule has 1 atom stereocenters. The molecule has 1 N–H and O–H groups in total. The topological polar surface area (TPSA) is 66.8 Å². The van der Waals surface area contributed by atoms with Crippen molar-refractivity contribution >= 4 is 39.1 Å². The number of aliphatic hydroxyl groups excluding tert-OH is 1. The van der Waals surface area contributed by atoms with Gasteiger partial charge in [0, 0.05) is 15.7 Å². The van der Waals surface area contributed by atoms with Crippen LogP contribution in [0.2, 0.25) is 0 Å². The molecule has 7 heteroatoms. The highest BCUT2D eigenvalue weighted by molar-refractivity contribution is 9.10. The van der Waals surface area contributed by atoms with Gasteiger partial charge in [0.15, 0.2) is 0 Å². The average Bonchev–Trinajstić information content (AvgIpc) is 3.05. The first-order chi connectivity index (χ1) is 14.9. The smallest absolute Gasteiger partial charge is 0.300 e. The zero-order valence-corrected chi connectivity index (χ0v) is 18.0. The maximum Gasteiger partial charge on any atom is 0.300 e. The van der Waals surface area contributed by atoms with E-state index in [0.29, 0.717) is 22.6 Å². The summed E-state index contributed by atoms with van der Waals surface area (Å²) in [7, 11) is 1.51. The SMILES string of the molecule is COc1cccc(C2/C(=C(/O)c3ccc(Br)cc3)C(=O)C(=O)N2c2ccc(F)cc2)c1. The van der Waals surface area contributed by atoms with Gasteiger partial charge in [-0.3, -0.25) is 14.5 Å². The third-order valence-corrected chi connectivity index (χ3v) is 5.61. The van der Waals surface area contributed by atoms with Crippen LogP contribution in [-0.2, 0) is 9.59 Å². The number of carbonyl (C=O) groups is 2. The van der Waals surface area contributed by atoms with Gasteiger partial charge < -0.3 is 9.84 Å². The van der Waals surface area contributed by atoms with Crippen LogP contribution in [0, 0.1) is 5.82 Å².